The van der Waals surface area contributed by atoms with E-state index < -0.39 is 11.6 Å². The first kappa shape index (κ1) is 13.5. The summed E-state index contributed by atoms with van der Waals surface area (Å²) in [5.41, 5.74) is 7.29. The minimum absolute atomic E-state index is 0.172. The van der Waals surface area contributed by atoms with Crippen molar-refractivity contribution in [2.24, 2.45) is 17.1 Å². The summed E-state index contributed by atoms with van der Waals surface area (Å²) in [6.07, 6.45) is 3.94. The molecule has 1 aromatic rings. The molecular formula is C15H21F2N. The normalized spacial score (nSPS) is 27.2. The van der Waals surface area contributed by atoms with E-state index in [-0.39, 0.29) is 6.04 Å². The molecular weight excluding hydrogens is 232 g/mol. The zero-order valence-electron chi connectivity index (χ0n) is 11.0. The smallest absolute Gasteiger partial charge is 0.159 e. The zero-order chi connectivity index (χ0) is 13.3. The van der Waals surface area contributed by atoms with Crippen molar-refractivity contribution in [2.45, 2.75) is 45.6 Å². The quantitative estimate of drug-likeness (QED) is 0.855. The number of rotatable bonds is 2. The number of benzene rings is 1. The van der Waals surface area contributed by atoms with Gasteiger partial charge in [0.15, 0.2) is 11.6 Å². The molecule has 0 spiro atoms. The SMILES string of the molecule is CC1(C)CCC(N)C(Cc2ccc(F)c(F)c2)C1. The summed E-state index contributed by atoms with van der Waals surface area (Å²) < 4.78 is 26.1. The Kier molecular flexibility index (Phi) is 3.71. The molecule has 0 saturated heterocycles. The van der Waals surface area contributed by atoms with Gasteiger partial charge in [0.1, 0.15) is 0 Å². The highest BCUT2D eigenvalue weighted by Crippen LogP contribution is 2.39. The molecule has 0 aromatic heterocycles. The molecule has 3 heteroatoms. The van der Waals surface area contributed by atoms with Crippen LogP contribution in [0.4, 0.5) is 8.78 Å². The Morgan fingerprint density at radius 3 is 2.67 bits per heavy atom. The van der Waals surface area contributed by atoms with E-state index in [4.69, 9.17) is 5.73 Å². The first-order valence-electron chi connectivity index (χ1n) is 6.57. The fourth-order valence-corrected chi connectivity index (χ4v) is 2.95. The van der Waals surface area contributed by atoms with E-state index >= 15 is 0 Å². The van der Waals surface area contributed by atoms with Gasteiger partial charge in [-0.15, -0.1) is 0 Å². The van der Waals surface area contributed by atoms with E-state index in [0.29, 0.717) is 11.3 Å². The van der Waals surface area contributed by atoms with E-state index in [1.54, 1.807) is 6.07 Å². The fraction of sp³-hybridized carbons (Fsp3) is 0.600. The molecule has 2 unspecified atom stereocenters. The summed E-state index contributed by atoms with van der Waals surface area (Å²) in [6.45, 7) is 4.49. The molecule has 0 amide bonds. The number of hydrogen-bond acceptors (Lipinski definition) is 1. The lowest BCUT2D eigenvalue weighted by Gasteiger charge is -2.39. The Morgan fingerprint density at radius 2 is 2.00 bits per heavy atom. The first-order valence-corrected chi connectivity index (χ1v) is 6.57. The third-order valence-corrected chi connectivity index (χ3v) is 4.06. The van der Waals surface area contributed by atoms with Crippen LogP contribution in [0.1, 0.15) is 38.7 Å². The second-order valence-corrected chi connectivity index (χ2v) is 6.28. The molecule has 0 radical (unpaired) electrons. The topological polar surface area (TPSA) is 26.0 Å². The number of hydrogen-bond donors (Lipinski definition) is 1. The van der Waals surface area contributed by atoms with Crippen molar-refractivity contribution in [3.8, 4) is 0 Å². The van der Waals surface area contributed by atoms with Crippen LogP contribution in [0.2, 0.25) is 0 Å². The molecule has 2 rings (SSSR count). The van der Waals surface area contributed by atoms with Crippen LogP contribution in [0.3, 0.4) is 0 Å². The Morgan fingerprint density at radius 1 is 1.28 bits per heavy atom. The van der Waals surface area contributed by atoms with Crippen molar-refractivity contribution in [1.82, 2.24) is 0 Å². The van der Waals surface area contributed by atoms with Gasteiger partial charge < -0.3 is 5.73 Å². The molecule has 1 fully saturated rings. The van der Waals surface area contributed by atoms with Crippen molar-refractivity contribution in [1.29, 1.82) is 0 Å². The highest BCUT2D eigenvalue weighted by Gasteiger charge is 2.32. The van der Waals surface area contributed by atoms with Gasteiger partial charge in [-0.05, 0) is 54.7 Å². The van der Waals surface area contributed by atoms with E-state index in [0.717, 1.165) is 31.2 Å². The van der Waals surface area contributed by atoms with Crippen LogP contribution in [0.25, 0.3) is 0 Å². The molecule has 1 aliphatic carbocycles. The van der Waals surface area contributed by atoms with Gasteiger partial charge in [-0.3, -0.25) is 0 Å². The van der Waals surface area contributed by atoms with Gasteiger partial charge >= 0.3 is 0 Å². The maximum atomic E-state index is 13.2. The van der Waals surface area contributed by atoms with Crippen molar-refractivity contribution in [2.75, 3.05) is 0 Å². The van der Waals surface area contributed by atoms with E-state index in [1.165, 1.54) is 12.1 Å². The average Bonchev–Trinajstić information content (AvgIpc) is 2.28. The third-order valence-electron chi connectivity index (χ3n) is 4.06. The Balaban J connectivity index is 2.09. The lowest BCUT2D eigenvalue weighted by atomic mass is 9.68. The largest absolute Gasteiger partial charge is 0.327 e. The summed E-state index contributed by atoms with van der Waals surface area (Å²) in [6, 6.07) is 4.33. The van der Waals surface area contributed by atoms with Crippen LogP contribution in [0.5, 0.6) is 0 Å². The van der Waals surface area contributed by atoms with Gasteiger partial charge in [0, 0.05) is 6.04 Å². The van der Waals surface area contributed by atoms with Crippen LogP contribution in [-0.4, -0.2) is 6.04 Å². The highest BCUT2D eigenvalue weighted by molar-refractivity contribution is 5.19. The molecule has 1 aliphatic rings. The lowest BCUT2D eigenvalue weighted by molar-refractivity contribution is 0.157. The fourth-order valence-electron chi connectivity index (χ4n) is 2.95. The second kappa shape index (κ2) is 4.96. The van der Waals surface area contributed by atoms with E-state index in [9.17, 15) is 8.78 Å². The summed E-state index contributed by atoms with van der Waals surface area (Å²) in [7, 11) is 0. The maximum Gasteiger partial charge on any atom is 0.159 e. The molecule has 2 N–H and O–H groups in total. The monoisotopic (exact) mass is 253 g/mol. The van der Waals surface area contributed by atoms with Crippen LogP contribution in [-0.2, 0) is 6.42 Å². The second-order valence-electron chi connectivity index (χ2n) is 6.28. The van der Waals surface area contributed by atoms with Gasteiger partial charge in [-0.2, -0.15) is 0 Å². The minimum Gasteiger partial charge on any atom is -0.327 e. The van der Waals surface area contributed by atoms with E-state index in [2.05, 4.69) is 13.8 Å². The van der Waals surface area contributed by atoms with Gasteiger partial charge in [0.2, 0.25) is 0 Å². The van der Waals surface area contributed by atoms with Gasteiger partial charge in [-0.1, -0.05) is 19.9 Å². The van der Waals surface area contributed by atoms with Crippen LogP contribution in [0.15, 0.2) is 18.2 Å². The molecule has 100 valence electrons. The van der Waals surface area contributed by atoms with Crippen molar-refractivity contribution >= 4 is 0 Å². The van der Waals surface area contributed by atoms with Crippen molar-refractivity contribution in [3.63, 3.8) is 0 Å². The molecule has 1 aromatic carbocycles. The van der Waals surface area contributed by atoms with Crippen LogP contribution in [0, 0.1) is 23.0 Å². The number of halogens is 2. The van der Waals surface area contributed by atoms with Crippen molar-refractivity contribution < 1.29 is 8.78 Å². The zero-order valence-corrected chi connectivity index (χ0v) is 11.0. The molecule has 1 nitrogen and oxygen atoms in total. The number of nitrogens with two attached hydrogens (primary N) is 1. The summed E-state index contributed by atoms with van der Waals surface area (Å²) in [5, 5.41) is 0. The average molecular weight is 253 g/mol. The summed E-state index contributed by atoms with van der Waals surface area (Å²) >= 11 is 0. The molecule has 1 saturated carbocycles. The maximum absolute atomic E-state index is 13.2. The van der Waals surface area contributed by atoms with Gasteiger partial charge in [0.25, 0.3) is 0 Å². The standard InChI is InChI=1S/C15H21F2N/c1-15(2)6-5-14(18)11(9-15)7-10-3-4-12(16)13(17)8-10/h3-4,8,11,14H,5-7,9,18H2,1-2H3. The molecule has 0 bridgehead atoms. The molecule has 2 atom stereocenters. The predicted octanol–water partition coefficient (Wildman–Crippen LogP) is 3.66. The summed E-state index contributed by atoms with van der Waals surface area (Å²) in [4.78, 5) is 0. The Hall–Kier alpha value is -0.960. The highest BCUT2D eigenvalue weighted by atomic mass is 19.2. The minimum atomic E-state index is -0.785. The Bertz CT molecular complexity index is 429. The lowest BCUT2D eigenvalue weighted by Crippen LogP contribution is -2.40. The van der Waals surface area contributed by atoms with E-state index in [1.807, 2.05) is 0 Å². The molecule has 0 aliphatic heterocycles. The molecule has 0 heterocycles. The summed E-state index contributed by atoms with van der Waals surface area (Å²) in [5.74, 6) is -1.19. The predicted molar refractivity (Wildman–Crippen MR) is 69.2 cm³/mol. The van der Waals surface area contributed by atoms with Crippen LogP contribution < -0.4 is 5.73 Å². The third kappa shape index (κ3) is 3.08. The first-order chi connectivity index (χ1) is 8.37. The molecule has 18 heavy (non-hydrogen) atoms. The van der Waals surface area contributed by atoms with Gasteiger partial charge in [-0.25, -0.2) is 8.78 Å². The van der Waals surface area contributed by atoms with Crippen molar-refractivity contribution in [3.05, 3.63) is 35.4 Å². The Labute approximate surface area is 107 Å². The van der Waals surface area contributed by atoms with Gasteiger partial charge in [0.05, 0.1) is 0 Å². The van der Waals surface area contributed by atoms with Crippen LogP contribution >= 0.6 is 0 Å².